The second kappa shape index (κ2) is 9.37. The van der Waals surface area contributed by atoms with Gasteiger partial charge in [0.1, 0.15) is 18.1 Å². The van der Waals surface area contributed by atoms with Crippen LogP contribution in [0.2, 0.25) is 0 Å². The number of rotatable bonds is 7. The predicted molar refractivity (Wildman–Crippen MR) is 110 cm³/mol. The van der Waals surface area contributed by atoms with E-state index in [0.717, 1.165) is 16.9 Å². The van der Waals surface area contributed by atoms with Crippen molar-refractivity contribution in [2.45, 2.75) is 13.5 Å². The van der Waals surface area contributed by atoms with Gasteiger partial charge in [-0.3, -0.25) is 4.79 Å². The Hall–Kier alpha value is -3.60. The molecule has 0 unspecified atom stereocenters. The fraction of sp³-hybridized carbons (Fsp3) is 0.130. The van der Waals surface area contributed by atoms with Crippen molar-refractivity contribution in [2.75, 3.05) is 7.11 Å². The number of nitrogens with one attached hydrogen (secondary N) is 1. The molecule has 28 heavy (non-hydrogen) atoms. The summed E-state index contributed by atoms with van der Waals surface area (Å²) in [6.07, 6.45) is 0. The van der Waals surface area contributed by atoms with E-state index in [0.29, 0.717) is 23.6 Å². The topological polar surface area (TPSA) is 59.9 Å². The third-order valence-corrected chi connectivity index (χ3v) is 4.18. The van der Waals surface area contributed by atoms with Crippen molar-refractivity contribution in [3.8, 4) is 11.5 Å². The second-order valence-corrected chi connectivity index (χ2v) is 6.17. The molecule has 1 amide bonds. The molecule has 1 N–H and O–H groups in total. The number of hydrogen-bond donors (Lipinski definition) is 1. The second-order valence-electron chi connectivity index (χ2n) is 6.17. The molecule has 0 heterocycles. The number of hydrogen-bond acceptors (Lipinski definition) is 4. The molecule has 0 aromatic heterocycles. The van der Waals surface area contributed by atoms with Crippen molar-refractivity contribution < 1.29 is 14.3 Å². The highest BCUT2D eigenvalue weighted by Gasteiger charge is 2.06. The summed E-state index contributed by atoms with van der Waals surface area (Å²) < 4.78 is 10.9. The average molecular weight is 374 g/mol. The van der Waals surface area contributed by atoms with Gasteiger partial charge in [0, 0.05) is 5.56 Å². The molecule has 142 valence electrons. The van der Waals surface area contributed by atoms with Gasteiger partial charge in [0.2, 0.25) is 0 Å². The average Bonchev–Trinajstić information content (AvgIpc) is 2.77. The van der Waals surface area contributed by atoms with Crippen LogP contribution in [0.1, 0.15) is 28.4 Å². The molecular weight excluding hydrogens is 352 g/mol. The van der Waals surface area contributed by atoms with Gasteiger partial charge < -0.3 is 9.47 Å². The van der Waals surface area contributed by atoms with Crippen LogP contribution in [-0.2, 0) is 6.61 Å². The maximum atomic E-state index is 12.2. The van der Waals surface area contributed by atoms with Crippen LogP contribution in [0.3, 0.4) is 0 Å². The van der Waals surface area contributed by atoms with Crippen LogP contribution in [0.15, 0.2) is 84.0 Å². The van der Waals surface area contributed by atoms with E-state index >= 15 is 0 Å². The van der Waals surface area contributed by atoms with Crippen LogP contribution in [0, 0.1) is 0 Å². The van der Waals surface area contributed by atoms with Crippen LogP contribution in [0.4, 0.5) is 0 Å². The quantitative estimate of drug-likeness (QED) is 0.492. The molecule has 3 aromatic carbocycles. The number of hydrazone groups is 1. The molecule has 0 bridgehead atoms. The Morgan fingerprint density at radius 3 is 2.36 bits per heavy atom. The van der Waals surface area contributed by atoms with E-state index in [-0.39, 0.29) is 5.91 Å². The minimum atomic E-state index is -0.291. The lowest BCUT2D eigenvalue weighted by Crippen LogP contribution is -2.19. The SMILES string of the molecule is COc1cccc(C(=O)NN=C(C)c2ccc(OCc3ccccc3)cc2)c1. The summed E-state index contributed by atoms with van der Waals surface area (Å²) >= 11 is 0. The standard InChI is InChI=1S/C23H22N2O3/c1-17(24-25-23(26)20-9-6-10-22(15-20)27-2)19-11-13-21(14-12-19)28-16-18-7-4-3-5-8-18/h3-15H,16H2,1-2H3,(H,25,26). The lowest BCUT2D eigenvalue weighted by molar-refractivity contribution is 0.0954. The van der Waals surface area contributed by atoms with Gasteiger partial charge in [0.05, 0.1) is 12.8 Å². The Balaban J connectivity index is 1.58. The molecule has 0 aliphatic heterocycles. The number of nitrogens with zero attached hydrogens (tertiary/aromatic N) is 1. The summed E-state index contributed by atoms with van der Waals surface area (Å²) in [6.45, 7) is 2.36. The van der Waals surface area contributed by atoms with E-state index in [1.54, 1.807) is 31.4 Å². The Morgan fingerprint density at radius 1 is 0.893 bits per heavy atom. The fourth-order valence-corrected chi connectivity index (χ4v) is 2.56. The van der Waals surface area contributed by atoms with Crippen LogP contribution in [-0.4, -0.2) is 18.7 Å². The summed E-state index contributed by atoms with van der Waals surface area (Å²) in [5, 5.41) is 4.18. The van der Waals surface area contributed by atoms with E-state index in [9.17, 15) is 4.79 Å². The summed E-state index contributed by atoms with van der Waals surface area (Å²) in [4.78, 5) is 12.2. The summed E-state index contributed by atoms with van der Waals surface area (Å²) in [5.41, 5.74) is 5.77. The molecule has 0 saturated carbocycles. The fourth-order valence-electron chi connectivity index (χ4n) is 2.56. The highest BCUT2D eigenvalue weighted by molar-refractivity contribution is 6.01. The monoisotopic (exact) mass is 374 g/mol. The van der Waals surface area contributed by atoms with Crippen molar-refractivity contribution in [3.63, 3.8) is 0 Å². The highest BCUT2D eigenvalue weighted by atomic mass is 16.5. The zero-order valence-corrected chi connectivity index (χ0v) is 15.9. The maximum absolute atomic E-state index is 12.2. The van der Waals surface area contributed by atoms with Gasteiger partial charge in [0.15, 0.2) is 0 Å². The van der Waals surface area contributed by atoms with Crippen molar-refractivity contribution in [3.05, 3.63) is 95.6 Å². The molecule has 3 aromatic rings. The largest absolute Gasteiger partial charge is 0.497 e. The Morgan fingerprint density at radius 2 is 1.64 bits per heavy atom. The summed E-state index contributed by atoms with van der Waals surface area (Å²) in [6, 6.07) is 24.5. The molecule has 5 heteroatoms. The maximum Gasteiger partial charge on any atom is 0.271 e. The van der Waals surface area contributed by atoms with Gasteiger partial charge in [-0.15, -0.1) is 0 Å². The molecule has 0 saturated heterocycles. The molecule has 3 rings (SSSR count). The Bertz CT molecular complexity index is 951. The first kappa shape index (κ1) is 19.2. The number of benzene rings is 3. The van der Waals surface area contributed by atoms with Gasteiger partial charge in [-0.25, -0.2) is 5.43 Å². The minimum absolute atomic E-state index is 0.291. The number of amides is 1. The molecule has 0 spiro atoms. The molecule has 5 nitrogen and oxygen atoms in total. The zero-order valence-electron chi connectivity index (χ0n) is 15.9. The number of carbonyl (C=O) groups is 1. The van der Waals surface area contributed by atoms with Crippen LogP contribution < -0.4 is 14.9 Å². The van der Waals surface area contributed by atoms with E-state index in [4.69, 9.17) is 9.47 Å². The first-order chi connectivity index (χ1) is 13.7. The van der Waals surface area contributed by atoms with E-state index < -0.39 is 0 Å². The third kappa shape index (κ3) is 5.20. The van der Waals surface area contributed by atoms with E-state index in [2.05, 4.69) is 10.5 Å². The van der Waals surface area contributed by atoms with Crippen molar-refractivity contribution in [2.24, 2.45) is 5.10 Å². The van der Waals surface area contributed by atoms with Crippen LogP contribution in [0.25, 0.3) is 0 Å². The van der Waals surface area contributed by atoms with Gasteiger partial charge in [0.25, 0.3) is 5.91 Å². The third-order valence-electron chi connectivity index (χ3n) is 4.18. The first-order valence-corrected chi connectivity index (χ1v) is 8.91. The van der Waals surface area contributed by atoms with E-state index in [1.165, 1.54) is 0 Å². The van der Waals surface area contributed by atoms with E-state index in [1.807, 2.05) is 61.5 Å². The molecule has 0 radical (unpaired) electrons. The Labute approximate surface area is 164 Å². The summed E-state index contributed by atoms with van der Waals surface area (Å²) in [7, 11) is 1.56. The zero-order chi connectivity index (χ0) is 19.8. The summed E-state index contributed by atoms with van der Waals surface area (Å²) in [5.74, 6) is 1.11. The normalized spacial score (nSPS) is 11.0. The van der Waals surface area contributed by atoms with Gasteiger partial charge in [-0.05, 0) is 60.5 Å². The van der Waals surface area contributed by atoms with Gasteiger partial charge >= 0.3 is 0 Å². The number of ether oxygens (including phenoxy) is 2. The molecule has 0 aliphatic carbocycles. The molecule has 0 aliphatic rings. The predicted octanol–water partition coefficient (Wildman–Crippen LogP) is 4.43. The Kier molecular flexibility index (Phi) is 6.41. The van der Waals surface area contributed by atoms with Gasteiger partial charge in [-0.1, -0.05) is 36.4 Å². The lowest BCUT2D eigenvalue weighted by atomic mass is 10.1. The highest BCUT2D eigenvalue weighted by Crippen LogP contribution is 2.15. The molecular formula is C23H22N2O3. The first-order valence-electron chi connectivity index (χ1n) is 8.91. The molecule has 0 atom stereocenters. The molecule has 0 fully saturated rings. The van der Waals surface area contributed by atoms with Crippen molar-refractivity contribution in [1.29, 1.82) is 0 Å². The number of methoxy groups -OCH3 is 1. The van der Waals surface area contributed by atoms with Crippen LogP contribution in [0.5, 0.6) is 11.5 Å². The minimum Gasteiger partial charge on any atom is -0.497 e. The van der Waals surface area contributed by atoms with Gasteiger partial charge in [-0.2, -0.15) is 5.10 Å². The van der Waals surface area contributed by atoms with Crippen molar-refractivity contribution in [1.82, 2.24) is 5.43 Å². The smallest absolute Gasteiger partial charge is 0.271 e. The number of carbonyl (C=O) groups excluding carboxylic acids is 1. The lowest BCUT2D eigenvalue weighted by Gasteiger charge is -2.08. The van der Waals surface area contributed by atoms with Crippen LogP contribution >= 0.6 is 0 Å². The van der Waals surface area contributed by atoms with Crippen molar-refractivity contribution >= 4 is 11.6 Å².